The Morgan fingerprint density at radius 1 is 1.14 bits per heavy atom. The second-order valence-corrected chi connectivity index (χ2v) is 7.67. The van der Waals surface area contributed by atoms with Crippen LogP contribution in [0.1, 0.15) is 36.7 Å². The Hall–Kier alpha value is -3.22. The van der Waals surface area contributed by atoms with Gasteiger partial charge in [0.15, 0.2) is 0 Å². The van der Waals surface area contributed by atoms with Crippen molar-refractivity contribution < 1.29 is 9.53 Å². The van der Waals surface area contributed by atoms with Crippen LogP contribution >= 0.6 is 0 Å². The summed E-state index contributed by atoms with van der Waals surface area (Å²) in [6.07, 6.45) is 7.95. The minimum atomic E-state index is -0.218. The third-order valence-electron chi connectivity index (χ3n) is 5.87. The molecule has 1 fully saturated rings. The molecule has 1 aromatic carbocycles. The van der Waals surface area contributed by atoms with E-state index < -0.39 is 0 Å². The number of amides is 1. The standard InChI is InChI=1S/C22H23N5O2/c1-2-21-20-11-16-10-14(7-9-19(16)27(20)22(28)29-21)15-6-8-17(23-12-15)4-3-5-18-13-24-26-25-18/h6-10,12-13,20-21H,2-5,11H2,1H3,(H,24,25,26). The first-order chi connectivity index (χ1) is 14.2. The Labute approximate surface area is 169 Å². The second-order valence-electron chi connectivity index (χ2n) is 7.67. The van der Waals surface area contributed by atoms with Crippen molar-refractivity contribution in [2.45, 2.75) is 51.2 Å². The van der Waals surface area contributed by atoms with Gasteiger partial charge in [0, 0.05) is 17.5 Å². The van der Waals surface area contributed by atoms with Crippen LogP contribution in [0.3, 0.4) is 0 Å². The Morgan fingerprint density at radius 3 is 2.76 bits per heavy atom. The van der Waals surface area contributed by atoms with E-state index >= 15 is 0 Å². The van der Waals surface area contributed by atoms with Crippen molar-refractivity contribution in [2.75, 3.05) is 4.90 Å². The highest BCUT2D eigenvalue weighted by molar-refractivity contribution is 5.94. The number of anilines is 1. The zero-order valence-electron chi connectivity index (χ0n) is 16.3. The fraction of sp³-hybridized carbons (Fsp3) is 0.364. The number of pyridine rings is 1. The van der Waals surface area contributed by atoms with Gasteiger partial charge in [-0.15, -0.1) is 0 Å². The Morgan fingerprint density at radius 2 is 2.00 bits per heavy atom. The van der Waals surface area contributed by atoms with E-state index in [1.54, 1.807) is 6.20 Å². The molecule has 0 radical (unpaired) electrons. The number of rotatable bonds is 6. The quantitative estimate of drug-likeness (QED) is 0.695. The topological polar surface area (TPSA) is 84.0 Å². The fourth-order valence-electron chi connectivity index (χ4n) is 4.35. The zero-order chi connectivity index (χ0) is 19.8. The van der Waals surface area contributed by atoms with Crippen LogP contribution in [0.25, 0.3) is 11.1 Å². The summed E-state index contributed by atoms with van der Waals surface area (Å²) in [6, 6.07) is 10.6. The lowest BCUT2D eigenvalue weighted by Crippen LogP contribution is -2.32. The molecule has 2 unspecified atom stereocenters. The van der Waals surface area contributed by atoms with Gasteiger partial charge in [-0.1, -0.05) is 19.1 Å². The van der Waals surface area contributed by atoms with E-state index in [-0.39, 0.29) is 18.2 Å². The first-order valence-electron chi connectivity index (χ1n) is 10.2. The molecule has 148 valence electrons. The molecule has 29 heavy (non-hydrogen) atoms. The van der Waals surface area contributed by atoms with E-state index in [2.05, 4.69) is 51.6 Å². The van der Waals surface area contributed by atoms with Crippen LogP contribution in [0.5, 0.6) is 0 Å². The second kappa shape index (κ2) is 7.31. The summed E-state index contributed by atoms with van der Waals surface area (Å²) in [4.78, 5) is 18.7. The molecule has 1 amide bonds. The molecule has 5 rings (SSSR count). The Kier molecular flexibility index (Phi) is 4.50. The van der Waals surface area contributed by atoms with Crippen molar-refractivity contribution in [1.82, 2.24) is 20.4 Å². The van der Waals surface area contributed by atoms with E-state index in [1.807, 2.05) is 17.2 Å². The molecule has 1 N–H and O–H groups in total. The number of carbonyl (C=O) groups is 1. The van der Waals surface area contributed by atoms with Crippen LogP contribution in [0.2, 0.25) is 0 Å². The van der Waals surface area contributed by atoms with E-state index in [1.165, 1.54) is 5.56 Å². The number of carbonyl (C=O) groups excluding carboxylic acids is 1. The van der Waals surface area contributed by atoms with Gasteiger partial charge < -0.3 is 4.74 Å². The number of aromatic nitrogens is 4. The number of cyclic esters (lactones) is 1. The highest BCUT2D eigenvalue weighted by Crippen LogP contribution is 2.41. The maximum Gasteiger partial charge on any atom is 0.415 e. The third kappa shape index (κ3) is 3.26. The number of aromatic amines is 1. The molecule has 2 aromatic heterocycles. The summed E-state index contributed by atoms with van der Waals surface area (Å²) in [6.45, 7) is 2.06. The number of H-pyrrole nitrogens is 1. The van der Waals surface area contributed by atoms with Gasteiger partial charge >= 0.3 is 6.09 Å². The summed E-state index contributed by atoms with van der Waals surface area (Å²) in [5.41, 5.74) is 6.47. The molecule has 4 heterocycles. The molecule has 0 spiro atoms. The normalized spacial score (nSPS) is 19.9. The molecule has 7 nitrogen and oxygen atoms in total. The van der Waals surface area contributed by atoms with Crippen LogP contribution < -0.4 is 4.90 Å². The van der Waals surface area contributed by atoms with Gasteiger partial charge in [0.05, 0.1) is 23.6 Å². The molecular weight excluding hydrogens is 366 g/mol. The summed E-state index contributed by atoms with van der Waals surface area (Å²) >= 11 is 0. The molecule has 2 aliphatic heterocycles. The zero-order valence-corrected chi connectivity index (χ0v) is 16.3. The van der Waals surface area contributed by atoms with Crippen molar-refractivity contribution in [3.8, 4) is 11.1 Å². The highest BCUT2D eigenvalue weighted by Gasteiger charge is 2.46. The van der Waals surface area contributed by atoms with E-state index in [0.717, 1.165) is 60.3 Å². The lowest BCUT2D eigenvalue weighted by Gasteiger charge is -2.15. The number of nitrogens with zero attached hydrogens (tertiary/aromatic N) is 4. The summed E-state index contributed by atoms with van der Waals surface area (Å²) < 4.78 is 5.49. The molecule has 0 bridgehead atoms. The molecule has 0 aliphatic carbocycles. The van der Waals surface area contributed by atoms with Crippen LogP contribution in [0, 0.1) is 0 Å². The molecular formula is C22H23N5O2. The number of ether oxygens (including phenoxy) is 1. The summed E-state index contributed by atoms with van der Waals surface area (Å²) in [5, 5.41) is 10.5. The Balaban J connectivity index is 1.29. The van der Waals surface area contributed by atoms with Crippen LogP contribution in [0.15, 0.2) is 42.7 Å². The van der Waals surface area contributed by atoms with Crippen molar-refractivity contribution in [3.63, 3.8) is 0 Å². The molecule has 7 heteroatoms. The summed E-state index contributed by atoms with van der Waals surface area (Å²) in [5.74, 6) is 0. The monoisotopic (exact) mass is 389 g/mol. The maximum atomic E-state index is 12.2. The number of hydrogen-bond donors (Lipinski definition) is 1. The number of nitrogens with one attached hydrogen (secondary N) is 1. The van der Waals surface area contributed by atoms with Crippen LogP contribution in [-0.2, 0) is 24.0 Å². The predicted octanol–water partition coefficient (Wildman–Crippen LogP) is 3.70. The van der Waals surface area contributed by atoms with Gasteiger partial charge in [-0.25, -0.2) is 4.79 Å². The minimum Gasteiger partial charge on any atom is -0.444 e. The smallest absolute Gasteiger partial charge is 0.415 e. The van der Waals surface area contributed by atoms with Gasteiger partial charge in [-0.05, 0) is 61.4 Å². The summed E-state index contributed by atoms with van der Waals surface area (Å²) in [7, 11) is 0. The van der Waals surface area contributed by atoms with Crippen molar-refractivity contribution >= 4 is 11.8 Å². The highest BCUT2D eigenvalue weighted by atomic mass is 16.6. The van der Waals surface area contributed by atoms with E-state index in [4.69, 9.17) is 4.74 Å². The maximum absolute atomic E-state index is 12.2. The van der Waals surface area contributed by atoms with Gasteiger partial charge in [0.2, 0.25) is 0 Å². The molecule has 2 aliphatic rings. The number of benzene rings is 1. The van der Waals surface area contributed by atoms with Crippen LogP contribution in [-0.4, -0.2) is 38.6 Å². The van der Waals surface area contributed by atoms with Crippen molar-refractivity contribution in [3.05, 3.63) is 59.7 Å². The Bertz CT molecular complexity index is 1020. The van der Waals surface area contributed by atoms with Crippen LogP contribution in [0.4, 0.5) is 10.5 Å². The fourth-order valence-corrected chi connectivity index (χ4v) is 4.35. The third-order valence-corrected chi connectivity index (χ3v) is 5.87. The first kappa shape index (κ1) is 17.8. The van der Waals surface area contributed by atoms with Gasteiger partial charge in [0.25, 0.3) is 0 Å². The minimum absolute atomic E-state index is 0.0171. The SMILES string of the molecule is CCC1OC(=O)N2c3ccc(-c4ccc(CCCc5cn[nH]n5)nc4)cc3CC12. The molecule has 1 saturated heterocycles. The predicted molar refractivity (Wildman–Crippen MR) is 109 cm³/mol. The average molecular weight is 389 g/mol. The van der Waals surface area contributed by atoms with E-state index in [0.29, 0.717) is 0 Å². The largest absolute Gasteiger partial charge is 0.444 e. The number of fused-ring (bicyclic) bond motifs is 3. The van der Waals surface area contributed by atoms with Crippen molar-refractivity contribution in [1.29, 1.82) is 0 Å². The first-order valence-corrected chi connectivity index (χ1v) is 10.2. The molecule has 0 saturated carbocycles. The number of hydrogen-bond acceptors (Lipinski definition) is 5. The van der Waals surface area contributed by atoms with Gasteiger partial charge in [0.1, 0.15) is 6.10 Å². The van der Waals surface area contributed by atoms with Gasteiger partial charge in [-0.2, -0.15) is 15.4 Å². The molecule has 3 aromatic rings. The lowest BCUT2D eigenvalue weighted by molar-refractivity contribution is 0.129. The lowest BCUT2D eigenvalue weighted by atomic mass is 10.00. The number of aryl methyl sites for hydroxylation is 2. The average Bonchev–Trinajstić information content (AvgIpc) is 3.45. The molecule has 2 atom stereocenters. The van der Waals surface area contributed by atoms with Gasteiger partial charge in [-0.3, -0.25) is 9.88 Å². The van der Waals surface area contributed by atoms with E-state index in [9.17, 15) is 4.79 Å². The van der Waals surface area contributed by atoms with Crippen molar-refractivity contribution in [2.24, 2.45) is 0 Å².